The Morgan fingerprint density at radius 2 is 1.90 bits per heavy atom. The van der Waals surface area contributed by atoms with Crippen molar-refractivity contribution in [1.82, 2.24) is 15.0 Å². The van der Waals surface area contributed by atoms with E-state index in [1.165, 1.54) is 7.11 Å². The predicted octanol–water partition coefficient (Wildman–Crippen LogP) is 3.88. The summed E-state index contributed by atoms with van der Waals surface area (Å²) < 4.78 is 12.5. The maximum absolute atomic E-state index is 12.8. The largest absolute Gasteiger partial charge is 0.495 e. The Hall–Kier alpha value is -3.26. The minimum atomic E-state index is -0.350. The van der Waals surface area contributed by atoms with E-state index in [1.807, 2.05) is 45.0 Å². The summed E-state index contributed by atoms with van der Waals surface area (Å²) >= 11 is 0. The molecule has 0 spiro atoms. The van der Waals surface area contributed by atoms with Gasteiger partial charge in [0.25, 0.3) is 5.91 Å². The Labute approximate surface area is 181 Å². The van der Waals surface area contributed by atoms with Crippen LogP contribution in [0.25, 0.3) is 5.69 Å². The molecule has 2 aromatic carbocycles. The number of nitrogens with zero attached hydrogens (tertiary/aromatic N) is 3. The van der Waals surface area contributed by atoms with E-state index in [4.69, 9.17) is 15.2 Å². The van der Waals surface area contributed by atoms with Crippen molar-refractivity contribution in [1.29, 1.82) is 0 Å². The van der Waals surface area contributed by atoms with E-state index in [-0.39, 0.29) is 30.1 Å². The van der Waals surface area contributed by atoms with E-state index >= 15 is 0 Å². The molecule has 0 bridgehead atoms. The number of carbonyl (C=O) groups is 1. The number of hydrogen-bond donors (Lipinski definition) is 2. The third kappa shape index (κ3) is 5.01. The molecule has 0 fully saturated rings. The highest BCUT2D eigenvalue weighted by molar-refractivity contribution is 6.04. The van der Waals surface area contributed by atoms with Gasteiger partial charge in [0.2, 0.25) is 0 Å². The summed E-state index contributed by atoms with van der Waals surface area (Å²) in [7, 11) is 1.54. The predicted molar refractivity (Wildman–Crippen MR) is 119 cm³/mol. The zero-order valence-corrected chi connectivity index (χ0v) is 18.2. The zero-order chi connectivity index (χ0) is 21.0. The molecular formula is C21H26ClN5O3. The summed E-state index contributed by atoms with van der Waals surface area (Å²) in [4.78, 5) is 12.8. The number of anilines is 2. The lowest BCUT2D eigenvalue weighted by Crippen LogP contribution is -2.15. The van der Waals surface area contributed by atoms with Gasteiger partial charge in [-0.2, -0.15) is 0 Å². The Morgan fingerprint density at radius 1 is 1.20 bits per heavy atom. The fraction of sp³-hybridized carbons (Fsp3) is 0.286. The van der Waals surface area contributed by atoms with Gasteiger partial charge in [0, 0.05) is 5.69 Å². The van der Waals surface area contributed by atoms with Crippen molar-refractivity contribution < 1.29 is 14.3 Å². The molecule has 0 aliphatic rings. The van der Waals surface area contributed by atoms with Crippen LogP contribution in [0, 0.1) is 0 Å². The van der Waals surface area contributed by atoms with Gasteiger partial charge in [-0.3, -0.25) is 4.79 Å². The molecule has 8 nitrogen and oxygen atoms in total. The molecular weight excluding hydrogens is 406 g/mol. The second kappa shape index (κ2) is 9.98. The summed E-state index contributed by atoms with van der Waals surface area (Å²) in [6, 6.07) is 12.6. The maximum Gasteiger partial charge on any atom is 0.278 e. The van der Waals surface area contributed by atoms with Gasteiger partial charge in [-0.05, 0) is 62.7 Å². The zero-order valence-electron chi connectivity index (χ0n) is 17.4. The molecule has 3 rings (SSSR count). The van der Waals surface area contributed by atoms with Crippen molar-refractivity contribution in [3.63, 3.8) is 0 Å². The molecule has 9 heteroatoms. The summed E-state index contributed by atoms with van der Waals surface area (Å²) in [5.41, 5.74) is 8.68. The van der Waals surface area contributed by atoms with E-state index in [0.717, 1.165) is 11.4 Å². The van der Waals surface area contributed by atoms with Crippen LogP contribution < -0.4 is 20.5 Å². The van der Waals surface area contributed by atoms with Crippen molar-refractivity contribution in [2.75, 3.05) is 18.2 Å². The molecule has 0 aliphatic heterocycles. The molecule has 30 heavy (non-hydrogen) atoms. The van der Waals surface area contributed by atoms with Gasteiger partial charge in [0.15, 0.2) is 5.69 Å². The van der Waals surface area contributed by atoms with Crippen LogP contribution in [0.5, 0.6) is 11.5 Å². The molecule has 0 saturated heterocycles. The first-order chi connectivity index (χ1) is 13.9. The minimum Gasteiger partial charge on any atom is -0.495 e. The molecule has 3 N–H and O–H groups in total. The number of methoxy groups -OCH3 is 1. The van der Waals surface area contributed by atoms with Crippen LogP contribution in [0.4, 0.5) is 11.4 Å². The average molecular weight is 432 g/mol. The Kier molecular flexibility index (Phi) is 7.66. The molecule has 160 valence electrons. The highest BCUT2D eigenvalue weighted by Gasteiger charge is 2.20. The van der Waals surface area contributed by atoms with Crippen molar-refractivity contribution in [2.45, 2.75) is 33.3 Å². The van der Waals surface area contributed by atoms with E-state index in [9.17, 15) is 4.79 Å². The molecule has 1 aromatic heterocycles. The number of nitrogens with two attached hydrogens (primary N) is 1. The van der Waals surface area contributed by atoms with Crippen LogP contribution in [0.15, 0.2) is 42.5 Å². The van der Waals surface area contributed by atoms with Crippen LogP contribution in [0.3, 0.4) is 0 Å². The molecule has 0 atom stereocenters. The monoisotopic (exact) mass is 431 g/mol. The molecule has 3 aromatic rings. The van der Waals surface area contributed by atoms with E-state index < -0.39 is 0 Å². The van der Waals surface area contributed by atoms with Crippen LogP contribution in [-0.2, 0) is 6.42 Å². The van der Waals surface area contributed by atoms with E-state index in [1.54, 1.807) is 22.9 Å². The number of ether oxygens (including phenoxy) is 2. The van der Waals surface area contributed by atoms with Crippen molar-refractivity contribution >= 4 is 29.7 Å². The normalized spacial score (nSPS) is 10.4. The van der Waals surface area contributed by atoms with E-state index in [0.29, 0.717) is 29.2 Å². The highest BCUT2D eigenvalue weighted by Crippen LogP contribution is 2.25. The van der Waals surface area contributed by atoms with Gasteiger partial charge in [0.1, 0.15) is 11.5 Å². The number of nitrogens with one attached hydrogen (secondary N) is 1. The number of amides is 1. The van der Waals surface area contributed by atoms with Crippen molar-refractivity contribution in [3.8, 4) is 17.2 Å². The topological polar surface area (TPSA) is 104 Å². The van der Waals surface area contributed by atoms with Crippen LogP contribution in [-0.4, -0.2) is 34.1 Å². The lowest BCUT2D eigenvalue weighted by Gasteiger charge is -2.11. The van der Waals surface area contributed by atoms with Crippen molar-refractivity contribution in [3.05, 3.63) is 53.9 Å². The SMILES string of the molecule is CCc1c(C(=O)Nc2ccc(OC)c(N)c2)nnn1-c1ccc(OC(C)C)cc1.Cl. The number of carbonyl (C=O) groups excluding carboxylic acids is 1. The summed E-state index contributed by atoms with van der Waals surface area (Å²) in [5.74, 6) is 0.975. The molecule has 0 radical (unpaired) electrons. The quantitative estimate of drug-likeness (QED) is 0.550. The molecule has 0 aliphatic carbocycles. The second-order valence-electron chi connectivity index (χ2n) is 6.72. The van der Waals surface area contributed by atoms with Gasteiger partial charge < -0.3 is 20.5 Å². The van der Waals surface area contributed by atoms with Gasteiger partial charge in [-0.15, -0.1) is 17.5 Å². The lowest BCUT2D eigenvalue weighted by molar-refractivity contribution is 0.102. The van der Waals surface area contributed by atoms with Crippen molar-refractivity contribution in [2.24, 2.45) is 0 Å². The third-order valence-corrected chi connectivity index (χ3v) is 4.25. The van der Waals surface area contributed by atoms with Crippen LogP contribution in [0.1, 0.15) is 37.0 Å². The number of nitrogen functional groups attached to an aromatic ring is 1. The summed E-state index contributed by atoms with van der Waals surface area (Å²) in [6.07, 6.45) is 0.686. The average Bonchev–Trinajstić information content (AvgIpc) is 3.12. The standard InChI is InChI=1S/C21H25N5O3.ClH/c1-5-18-20(21(27)23-14-6-11-19(28-4)17(22)12-14)24-25-26(18)15-7-9-16(10-8-15)29-13(2)3;/h6-13H,5,22H2,1-4H3,(H,23,27);1H. The van der Waals surface area contributed by atoms with Gasteiger partial charge in [0.05, 0.1) is 30.3 Å². The fourth-order valence-electron chi connectivity index (χ4n) is 2.94. The molecule has 1 heterocycles. The van der Waals surface area contributed by atoms with Crippen LogP contribution >= 0.6 is 12.4 Å². The number of rotatable bonds is 7. The van der Waals surface area contributed by atoms with Gasteiger partial charge in [-0.25, -0.2) is 4.68 Å². The number of aromatic nitrogens is 3. The second-order valence-corrected chi connectivity index (χ2v) is 6.72. The number of hydrogen-bond acceptors (Lipinski definition) is 6. The smallest absolute Gasteiger partial charge is 0.278 e. The van der Waals surface area contributed by atoms with E-state index in [2.05, 4.69) is 15.6 Å². The fourth-order valence-corrected chi connectivity index (χ4v) is 2.94. The number of halogens is 1. The van der Waals surface area contributed by atoms with Gasteiger partial charge >= 0.3 is 0 Å². The Balaban J connectivity index is 0.00000320. The van der Waals surface area contributed by atoms with Gasteiger partial charge in [-0.1, -0.05) is 12.1 Å². The Bertz CT molecular complexity index is 1000. The maximum atomic E-state index is 12.8. The van der Waals surface area contributed by atoms with Crippen LogP contribution in [0.2, 0.25) is 0 Å². The first-order valence-electron chi connectivity index (χ1n) is 9.39. The summed E-state index contributed by atoms with van der Waals surface area (Å²) in [6.45, 7) is 5.90. The number of benzene rings is 2. The minimum absolute atomic E-state index is 0. The first-order valence-corrected chi connectivity index (χ1v) is 9.39. The lowest BCUT2D eigenvalue weighted by atomic mass is 10.2. The third-order valence-electron chi connectivity index (χ3n) is 4.25. The molecule has 0 saturated carbocycles. The first kappa shape index (κ1) is 23.0. The molecule has 1 amide bonds. The Morgan fingerprint density at radius 3 is 2.47 bits per heavy atom. The highest BCUT2D eigenvalue weighted by atomic mass is 35.5. The molecule has 0 unspecified atom stereocenters. The summed E-state index contributed by atoms with van der Waals surface area (Å²) in [5, 5.41) is 11.1.